The Labute approximate surface area is 120 Å². The lowest BCUT2D eigenvalue weighted by molar-refractivity contribution is 0.247. The molecule has 0 fully saturated rings. The number of rotatable bonds is 2. The fourth-order valence-corrected chi connectivity index (χ4v) is 2.88. The summed E-state index contributed by atoms with van der Waals surface area (Å²) in [6.07, 6.45) is 2.89. The lowest BCUT2D eigenvalue weighted by Crippen LogP contribution is -2.30. The number of pyridine rings is 1. The highest BCUT2D eigenvalue weighted by atomic mass is 16.5. The molecule has 1 aromatic heterocycles. The van der Waals surface area contributed by atoms with E-state index in [2.05, 4.69) is 48.1 Å². The Kier molecular flexibility index (Phi) is 3.45. The van der Waals surface area contributed by atoms with Gasteiger partial charge in [0.2, 0.25) is 5.88 Å². The van der Waals surface area contributed by atoms with Crippen LogP contribution in [0.3, 0.4) is 0 Å². The van der Waals surface area contributed by atoms with Gasteiger partial charge in [-0.3, -0.25) is 4.90 Å². The van der Waals surface area contributed by atoms with Crippen LogP contribution in [0.1, 0.15) is 24.1 Å². The normalized spacial score (nSPS) is 18.6. The van der Waals surface area contributed by atoms with Crippen LogP contribution in [0.4, 0.5) is 0 Å². The van der Waals surface area contributed by atoms with E-state index in [-0.39, 0.29) is 0 Å². The van der Waals surface area contributed by atoms with Crippen LogP contribution in [0.5, 0.6) is 5.88 Å². The van der Waals surface area contributed by atoms with E-state index in [0.717, 1.165) is 18.5 Å². The van der Waals surface area contributed by atoms with Gasteiger partial charge in [-0.1, -0.05) is 12.1 Å². The van der Waals surface area contributed by atoms with Crippen molar-refractivity contribution < 1.29 is 4.74 Å². The van der Waals surface area contributed by atoms with Gasteiger partial charge >= 0.3 is 0 Å². The van der Waals surface area contributed by atoms with Gasteiger partial charge in [0.15, 0.2) is 0 Å². The molecule has 0 saturated carbocycles. The summed E-state index contributed by atoms with van der Waals surface area (Å²) in [5, 5.41) is 0. The monoisotopic (exact) mass is 268 g/mol. The minimum atomic E-state index is 0.460. The largest absolute Gasteiger partial charge is 0.481 e. The van der Waals surface area contributed by atoms with Crippen LogP contribution in [0.15, 0.2) is 36.5 Å². The maximum absolute atomic E-state index is 5.37. The van der Waals surface area contributed by atoms with Gasteiger partial charge in [0.05, 0.1) is 7.11 Å². The van der Waals surface area contributed by atoms with E-state index in [1.165, 1.54) is 16.7 Å². The lowest BCUT2D eigenvalue weighted by atomic mass is 9.91. The smallest absolute Gasteiger partial charge is 0.221 e. The van der Waals surface area contributed by atoms with Crippen molar-refractivity contribution in [3.63, 3.8) is 0 Å². The number of aromatic nitrogens is 1. The third-order valence-corrected chi connectivity index (χ3v) is 4.27. The molecular formula is C17H20N2O. The number of fused-ring (bicyclic) bond motifs is 1. The predicted molar refractivity (Wildman–Crippen MR) is 81.0 cm³/mol. The Morgan fingerprint density at radius 1 is 1.30 bits per heavy atom. The van der Waals surface area contributed by atoms with E-state index in [4.69, 9.17) is 4.74 Å². The quantitative estimate of drug-likeness (QED) is 0.835. The van der Waals surface area contributed by atoms with Gasteiger partial charge in [0.1, 0.15) is 0 Å². The van der Waals surface area contributed by atoms with Crippen molar-refractivity contribution in [1.82, 2.24) is 9.88 Å². The number of hydrogen-bond acceptors (Lipinski definition) is 3. The van der Waals surface area contributed by atoms with E-state index in [0.29, 0.717) is 11.9 Å². The minimum Gasteiger partial charge on any atom is -0.481 e. The van der Waals surface area contributed by atoms with E-state index < -0.39 is 0 Å². The Hall–Kier alpha value is -1.87. The molecule has 20 heavy (non-hydrogen) atoms. The summed E-state index contributed by atoms with van der Waals surface area (Å²) in [6, 6.07) is 11.2. The van der Waals surface area contributed by atoms with Gasteiger partial charge in [0, 0.05) is 24.3 Å². The van der Waals surface area contributed by atoms with E-state index in [1.54, 1.807) is 13.3 Å². The molecule has 1 aromatic carbocycles. The van der Waals surface area contributed by atoms with Gasteiger partial charge in [-0.05, 0) is 55.3 Å². The second-order valence-electron chi connectivity index (χ2n) is 5.38. The van der Waals surface area contributed by atoms with Crippen molar-refractivity contribution >= 4 is 0 Å². The van der Waals surface area contributed by atoms with E-state index in [1.807, 2.05) is 6.07 Å². The number of nitrogens with zero attached hydrogens (tertiary/aromatic N) is 2. The molecule has 0 N–H and O–H groups in total. The zero-order valence-electron chi connectivity index (χ0n) is 12.3. The van der Waals surface area contributed by atoms with Crippen LogP contribution >= 0.6 is 0 Å². The molecule has 0 spiro atoms. The van der Waals surface area contributed by atoms with Gasteiger partial charge in [-0.25, -0.2) is 4.98 Å². The molecule has 0 amide bonds. The third-order valence-electron chi connectivity index (χ3n) is 4.27. The number of ether oxygens (including phenoxy) is 1. The Balaban J connectivity index is 2.08. The molecule has 3 heteroatoms. The summed E-state index contributed by atoms with van der Waals surface area (Å²) < 4.78 is 5.37. The fourth-order valence-electron chi connectivity index (χ4n) is 2.88. The molecule has 1 aliphatic rings. The zero-order chi connectivity index (χ0) is 14.1. The highest BCUT2D eigenvalue weighted by molar-refractivity contribution is 5.69. The van der Waals surface area contributed by atoms with Crippen LogP contribution in [-0.4, -0.2) is 30.6 Å². The summed E-state index contributed by atoms with van der Waals surface area (Å²) in [5.74, 6) is 0.685. The summed E-state index contributed by atoms with van der Waals surface area (Å²) in [4.78, 5) is 6.68. The van der Waals surface area contributed by atoms with Crippen molar-refractivity contribution in [1.29, 1.82) is 0 Å². The summed E-state index contributed by atoms with van der Waals surface area (Å²) in [7, 11) is 3.85. The van der Waals surface area contributed by atoms with E-state index in [9.17, 15) is 0 Å². The first-order valence-corrected chi connectivity index (χ1v) is 7.03. The maximum Gasteiger partial charge on any atom is 0.221 e. The standard InChI is InChI=1S/C17H20N2O/c1-12-16-11-14(7-6-13(16)8-10-19(12)2)15-5-4-9-18-17(15)20-3/h4-7,9,11-12H,8,10H2,1-3H3. The van der Waals surface area contributed by atoms with Crippen molar-refractivity contribution in [3.8, 4) is 17.0 Å². The molecule has 2 heterocycles. The van der Waals surface area contributed by atoms with Crippen molar-refractivity contribution in [3.05, 3.63) is 47.7 Å². The van der Waals surface area contributed by atoms with E-state index >= 15 is 0 Å². The summed E-state index contributed by atoms with van der Waals surface area (Å²) in [6.45, 7) is 3.39. The van der Waals surface area contributed by atoms with Gasteiger partial charge < -0.3 is 4.74 Å². The van der Waals surface area contributed by atoms with Gasteiger partial charge in [0.25, 0.3) is 0 Å². The van der Waals surface area contributed by atoms with Gasteiger partial charge in [-0.15, -0.1) is 0 Å². The second kappa shape index (κ2) is 5.25. The second-order valence-corrected chi connectivity index (χ2v) is 5.38. The highest BCUT2D eigenvalue weighted by Gasteiger charge is 2.21. The summed E-state index contributed by atoms with van der Waals surface area (Å²) >= 11 is 0. The SMILES string of the molecule is COc1ncccc1-c1ccc2c(c1)C(C)N(C)CC2. The molecule has 1 aliphatic heterocycles. The molecule has 0 radical (unpaired) electrons. The molecule has 3 nitrogen and oxygen atoms in total. The number of methoxy groups -OCH3 is 1. The van der Waals surface area contributed by atoms with Crippen LogP contribution in [0.25, 0.3) is 11.1 Å². The first-order chi connectivity index (χ1) is 9.70. The number of benzene rings is 1. The molecule has 1 atom stereocenters. The molecule has 3 rings (SSSR count). The Bertz CT molecular complexity index is 624. The molecule has 2 aromatic rings. The van der Waals surface area contributed by atoms with Crippen LogP contribution in [-0.2, 0) is 6.42 Å². The molecule has 0 aliphatic carbocycles. The number of hydrogen-bond donors (Lipinski definition) is 0. The zero-order valence-corrected chi connectivity index (χ0v) is 12.3. The average Bonchev–Trinajstić information content (AvgIpc) is 2.51. The fraction of sp³-hybridized carbons (Fsp3) is 0.353. The lowest BCUT2D eigenvalue weighted by Gasteiger charge is -2.32. The first-order valence-electron chi connectivity index (χ1n) is 7.03. The molecule has 0 bridgehead atoms. The van der Waals surface area contributed by atoms with Crippen LogP contribution in [0, 0.1) is 0 Å². The van der Waals surface area contributed by atoms with Crippen LogP contribution < -0.4 is 4.74 Å². The number of likely N-dealkylation sites (N-methyl/N-ethyl adjacent to an activating group) is 1. The topological polar surface area (TPSA) is 25.4 Å². The average molecular weight is 268 g/mol. The van der Waals surface area contributed by atoms with Crippen molar-refractivity contribution in [2.45, 2.75) is 19.4 Å². The molecular weight excluding hydrogens is 248 g/mol. The molecule has 104 valence electrons. The Morgan fingerprint density at radius 3 is 2.95 bits per heavy atom. The van der Waals surface area contributed by atoms with Gasteiger partial charge in [-0.2, -0.15) is 0 Å². The van der Waals surface area contributed by atoms with Crippen molar-refractivity contribution in [2.75, 3.05) is 20.7 Å². The van der Waals surface area contributed by atoms with Crippen LogP contribution in [0.2, 0.25) is 0 Å². The summed E-state index contributed by atoms with van der Waals surface area (Å²) in [5.41, 5.74) is 5.11. The molecule has 1 unspecified atom stereocenters. The predicted octanol–water partition coefficient (Wildman–Crippen LogP) is 3.31. The minimum absolute atomic E-state index is 0.460. The highest BCUT2D eigenvalue weighted by Crippen LogP contribution is 2.34. The maximum atomic E-state index is 5.37. The third kappa shape index (κ3) is 2.18. The molecule has 0 saturated heterocycles. The first kappa shape index (κ1) is 13.1. The van der Waals surface area contributed by atoms with Crippen molar-refractivity contribution in [2.24, 2.45) is 0 Å². The Morgan fingerprint density at radius 2 is 2.15 bits per heavy atom.